The van der Waals surface area contributed by atoms with E-state index >= 15 is 0 Å². The average Bonchev–Trinajstić information content (AvgIpc) is 3.43. The number of hydrogen-bond donors (Lipinski definition) is 2. The van der Waals surface area contributed by atoms with Gasteiger partial charge in [-0.3, -0.25) is 14.9 Å². The second-order valence-electron chi connectivity index (χ2n) is 9.15. The number of nitro groups is 1. The van der Waals surface area contributed by atoms with Crippen LogP contribution in [0.3, 0.4) is 0 Å². The molecule has 0 saturated heterocycles. The second-order valence-corrected chi connectivity index (χ2v) is 10.5. The molecule has 4 aromatic carbocycles. The van der Waals surface area contributed by atoms with Crippen molar-refractivity contribution in [3.8, 4) is 28.4 Å². The molecule has 0 bridgehead atoms. The first-order chi connectivity index (χ1) is 21.2. The number of rotatable bonds is 9. The molecule has 0 fully saturated rings. The third-order valence-electron chi connectivity index (χ3n) is 6.55. The SMILES string of the molecule is COc1ccc(OC)c2c(-c3ccccc3Cl)c(C(=O)NN=Cc3cc(Br)ccc3OC(=O)c3ccc([N+](=O)[O-])cc3)[nH]c12. The molecule has 0 atom stereocenters. The first kappa shape index (κ1) is 30.3. The topological polar surface area (TPSA) is 145 Å². The highest BCUT2D eigenvalue weighted by Crippen LogP contribution is 2.44. The highest BCUT2D eigenvalue weighted by atomic mass is 79.9. The lowest BCUT2D eigenvalue weighted by atomic mass is 10.0. The van der Waals surface area contributed by atoms with E-state index in [-0.39, 0.29) is 22.7 Å². The number of fused-ring (bicyclic) bond motifs is 1. The molecule has 1 aromatic heterocycles. The van der Waals surface area contributed by atoms with Gasteiger partial charge in [0.15, 0.2) is 0 Å². The van der Waals surface area contributed by atoms with Crippen LogP contribution in [-0.4, -0.2) is 42.2 Å². The Morgan fingerprint density at radius 1 is 0.977 bits per heavy atom. The van der Waals surface area contributed by atoms with Gasteiger partial charge in [-0.1, -0.05) is 45.7 Å². The Balaban J connectivity index is 1.46. The van der Waals surface area contributed by atoms with Gasteiger partial charge in [-0.2, -0.15) is 5.10 Å². The molecule has 0 saturated carbocycles. The number of non-ortho nitro benzene ring substituents is 1. The van der Waals surface area contributed by atoms with Gasteiger partial charge in [0, 0.05) is 38.3 Å². The van der Waals surface area contributed by atoms with Gasteiger partial charge in [-0.25, -0.2) is 10.2 Å². The van der Waals surface area contributed by atoms with Crippen LogP contribution in [-0.2, 0) is 0 Å². The van der Waals surface area contributed by atoms with Gasteiger partial charge in [0.2, 0.25) is 0 Å². The van der Waals surface area contributed by atoms with Crippen molar-refractivity contribution in [2.45, 2.75) is 0 Å². The summed E-state index contributed by atoms with van der Waals surface area (Å²) in [5.74, 6) is -0.179. The fourth-order valence-corrected chi connectivity index (χ4v) is 5.11. The molecule has 13 heteroatoms. The Bertz CT molecular complexity index is 1940. The largest absolute Gasteiger partial charge is 0.496 e. The van der Waals surface area contributed by atoms with Crippen LogP contribution in [0.4, 0.5) is 5.69 Å². The summed E-state index contributed by atoms with van der Waals surface area (Å²) in [4.78, 5) is 39.8. The molecule has 0 aliphatic heterocycles. The first-order valence-corrected chi connectivity index (χ1v) is 14.0. The van der Waals surface area contributed by atoms with Crippen LogP contribution in [0.15, 0.2) is 88.4 Å². The van der Waals surface area contributed by atoms with E-state index in [9.17, 15) is 19.7 Å². The highest BCUT2D eigenvalue weighted by Gasteiger charge is 2.25. The van der Waals surface area contributed by atoms with Crippen molar-refractivity contribution in [1.82, 2.24) is 10.4 Å². The number of H-pyrrole nitrogens is 1. The molecule has 1 amide bonds. The summed E-state index contributed by atoms with van der Waals surface area (Å²) < 4.78 is 17.3. The van der Waals surface area contributed by atoms with Crippen LogP contribution in [0, 0.1) is 10.1 Å². The number of aromatic nitrogens is 1. The minimum Gasteiger partial charge on any atom is -0.496 e. The number of nitrogens with one attached hydrogen (secondary N) is 2. The van der Waals surface area contributed by atoms with E-state index in [0.29, 0.717) is 48.6 Å². The molecule has 0 aliphatic carbocycles. The van der Waals surface area contributed by atoms with Crippen LogP contribution in [0.2, 0.25) is 5.02 Å². The van der Waals surface area contributed by atoms with E-state index in [2.05, 4.69) is 31.4 Å². The van der Waals surface area contributed by atoms with Gasteiger partial charge in [-0.05, 0) is 48.5 Å². The quantitative estimate of drug-likeness (QED) is 0.0554. The number of hydrogen-bond acceptors (Lipinski definition) is 8. The van der Waals surface area contributed by atoms with Gasteiger partial charge < -0.3 is 19.2 Å². The second kappa shape index (κ2) is 13.0. The minimum absolute atomic E-state index is 0.117. The number of ether oxygens (including phenoxy) is 3. The first-order valence-electron chi connectivity index (χ1n) is 12.8. The number of carbonyl (C=O) groups is 2. The van der Waals surface area contributed by atoms with Gasteiger partial charge in [0.05, 0.1) is 41.8 Å². The summed E-state index contributed by atoms with van der Waals surface area (Å²) in [6, 6.07) is 20.4. The molecule has 222 valence electrons. The lowest BCUT2D eigenvalue weighted by Gasteiger charge is -2.10. The van der Waals surface area contributed by atoms with Crippen LogP contribution < -0.4 is 19.6 Å². The minimum atomic E-state index is -0.730. The smallest absolute Gasteiger partial charge is 0.343 e. The predicted molar refractivity (Wildman–Crippen MR) is 169 cm³/mol. The molecular weight excluding hydrogens is 656 g/mol. The Morgan fingerprint density at radius 2 is 1.66 bits per heavy atom. The standard InChI is InChI=1S/C31H22BrClN4O7/c1-42-24-13-14-25(43-2)28-27(24)26(21-5-3-4-6-22(21)33)29(35-28)30(38)36-34-16-18-15-19(32)9-12-23(18)44-31(39)17-7-10-20(11-8-17)37(40)41/h3-16,35H,1-2H3,(H,36,38). The highest BCUT2D eigenvalue weighted by molar-refractivity contribution is 9.10. The van der Waals surface area contributed by atoms with E-state index in [4.69, 9.17) is 25.8 Å². The lowest BCUT2D eigenvalue weighted by Crippen LogP contribution is -2.19. The Labute approximate surface area is 263 Å². The molecule has 0 radical (unpaired) electrons. The summed E-state index contributed by atoms with van der Waals surface area (Å²) >= 11 is 9.94. The fourth-order valence-electron chi connectivity index (χ4n) is 4.50. The maximum Gasteiger partial charge on any atom is 0.343 e. The molecule has 0 aliphatic rings. The Morgan fingerprint density at radius 3 is 2.34 bits per heavy atom. The summed E-state index contributed by atoms with van der Waals surface area (Å²) in [6.07, 6.45) is 1.32. The van der Waals surface area contributed by atoms with E-state index in [1.165, 1.54) is 44.7 Å². The zero-order valence-corrected chi connectivity index (χ0v) is 25.4. The zero-order chi connectivity index (χ0) is 31.4. The van der Waals surface area contributed by atoms with E-state index in [0.717, 1.165) is 0 Å². The molecule has 5 aromatic rings. The number of carbonyl (C=O) groups excluding carboxylic acids is 2. The maximum atomic E-state index is 13.6. The van der Waals surface area contributed by atoms with Crippen molar-refractivity contribution in [2.24, 2.45) is 5.10 Å². The van der Waals surface area contributed by atoms with Crippen LogP contribution in [0.1, 0.15) is 26.4 Å². The Hall–Kier alpha value is -5.20. The number of halogens is 2. The summed E-state index contributed by atoms with van der Waals surface area (Å²) in [6.45, 7) is 0. The molecule has 0 spiro atoms. The summed E-state index contributed by atoms with van der Waals surface area (Å²) in [5, 5.41) is 16.1. The van der Waals surface area contributed by atoms with Crippen molar-refractivity contribution >= 4 is 62.2 Å². The van der Waals surface area contributed by atoms with Crippen molar-refractivity contribution in [2.75, 3.05) is 14.2 Å². The summed E-state index contributed by atoms with van der Waals surface area (Å²) in [5.41, 5.74) is 4.62. The average molecular weight is 678 g/mol. The number of methoxy groups -OCH3 is 2. The third-order valence-corrected chi connectivity index (χ3v) is 7.37. The van der Waals surface area contributed by atoms with E-state index in [1.807, 2.05) is 0 Å². The number of nitrogens with zero attached hydrogens (tertiary/aromatic N) is 2. The van der Waals surface area contributed by atoms with Crippen LogP contribution in [0.25, 0.3) is 22.0 Å². The molecule has 11 nitrogen and oxygen atoms in total. The number of benzene rings is 4. The summed E-state index contributed by atoms with van der Waals surface area (Å²) in [7, 11) is 3.05. The molecule has 2 N–H and O–H groups in total. The normalized spacial score (nSPS) is 11.0. The Kier molecular flexibility index (Phi) is 8.93. The van der Waals surface area contributed by atoms with Crippen molar-refractivity contribution in [1.29, 1.82) is 0 Å². The monoisotopic (exact) mass is 676 g/mol. The van der Waals surface area contributed by atoms with Crippen LogP contribution in [0.5, 0.6) is 17.2 Å². The molecule has 1 heterocycles. The van der Waals surface area contributed by atoms with E-state index in [1.54, 1.807) is 54.6 Å². The number of nitro benzene ring substituents is 1. The van der Waals surface area contributed by atoms with Crippen molar-refractivity contribution in [3.63, 3.8) is 0 Å². The predicted octanol–water partition coefficient (Wildman–Crippen LogP) is 7.16. The zero-order valence-electron chi connectivity index (χ0n) is 23.1. The van der Waals surface area contributed by atoms with Crippen molar-refractivity contribution < 1.29 is 28.7 Å². The number of hydrazone groups is 1. The molecule has 5 rings (SSSR count). The van der Waals surface area contributed by atoms with E-state index < -0.39 is 16.8 Å². The lowest BCUT2D eigenvalue weighted by molar-refractivity contribution is -0.384. The van der Waals surface area contributed by atoms with Gasteiger partial charge in [-0.15, -0.1) is 0 Å². The number of aromatic amines is 1. The van der Waals surface area contributed by atoms with Gasteiger partial charge in [0.25, 0.3) is 11.6 Å². The van der Waals surface area contributed by atoms with Gasteiger partial charge >= 0.3 is 5.97 Å². The van der Waals surface area contributed by atoms with Crippen molar-refractivity contribution in [3.05, 3.63) is 115 Å². The maximum absolute atomic E-state index is 13.6. The number of esters is 1. The number of amides is 1. The third kappa shape index (κ3) is 6.12. The molecular formula is C31H22BrClN4O7. The molecule has 0 unspecified atom stereocenters. The molecule has 44 heavy (non-hydrogen) atoms. The van der Waals surface area contributed by atoms with Gasteiger partial charge in [0.1, 0.15) is 22.9 Å². The fraction of sp³-hybridized carbons (Fsp3) is 0.0645. The van der Waals surface area contributed by atoms with Crippen LogP contribution >= 0.6 is 27.5 Å².